The van der Waals surface area contributed by atoms with Crippen LogP contribution in [0.15, 0.2) is 18.3 Å². The molecule has 3 rings (SSSR count). The Bertz CT molecular complexity index is 584. The number of fused-ring (bicyclic) bond motifs is 1. The largest absolute Gasteiger partial charge is 0.337 e. The number of hydrogen-bond donors (Lipinski definition) is 0. The third-order valence-corrected chi connectivity index (χ3v) is 3.34. The van der Waals surface area contributed by atoms with Gasteiger partial charge in [-0.2, -0.15) is 5.10 Å². The molecule has 0 unspecified atom stereocenters. The van der Waals surface area contributed by atoms with E-state index in [1.165, 1.54) is 6.42 Å². The van der Waals surface area contributed by atoms with Gasteiger partial charge in [0.15, 0.2) is 5.65 Å². The summed E-state index contributed by atoms with van der Waals surface area (Å²) in [5.41, 5.74) is 2.21. The number of nitrogens with zero attached hydrogens (tertiary/aromatic N) is 4. The molecule has 0 radical (unpaired) electrons. The Morgan fingerprint density at radius 1 is 1.28 bits per heavy atom. The number of hydrogen-bond acceptors (Lipinski definition) is 3. The maximum Gasteiger partial charge on any atom is 0.272 e. The third kappa shape index (κ3) is 1.85. The summed E-state index contributed by atoms with van der Waals surface area (Å²) in [6.45, 7) is 3.61. The normalized spacial score (nSPS) is 16.2. The van der Waals surface area contributed by atoms with E-state index in [4.69, 9.17) is 0 Å². The molecule has 0 bridgehead atoms. The first-order valence-electron chi connectivity index (χ1n) is 6.36. The van der Waals surface area contributed by atoms with E-state index in [-0.39, 0.29) is 5.91 Å². The van der Waals surface area contributed by atoms with E-state index in [0.717, 1.165) is 37.3 Å². The Hall–Kier alpha value is -1.91. The zero-order chi connectivity index (χ0) is 12.5. The van der Waals surface area contributed by atoms with Gasteiger partial charge < -0.3 is 4.90 Å². The van der Waals surface area contributed by atoms with Crippen LogP contribution in [0.2, 0.25) is 0 Å². The minimum absolute atomic E-state index is 0.0604. The number of rotatable bonds is 1. The molecule has 2 aromatic rings. The number of carbonyl (C=O) groups excluding carboxylic acids is 1. The summed E-state index contributed by atoms with van der Waals surface area (Å²) in [5, 5.41) is 4.34. The molecule has 3 heterocycles. The molecule has 1 fully saturated rings. The molecule has 1 saturated heterocycles. The molecule has 5 heteroatoms. The van der Waals surface area contributed by atoms with Crippen molar-refractivity contribution in [1.82, 2.24) is 19.5 Å². The minimum atomic E-state index is 0.0604. The Morgan fingerprint density at radius 2 is 2.06 bits per heavy atom. The topological polar surface area (TPSA) is 50.5 Å². The summed E-state index contributed by atoms with van der Waals surface area (Å²) in [4.78, 5) is 18.6. The van der Waals surface area contributed by atoms with Crippen molar-refractivity contribution >= 4 is 11.6 Å². The van der Waals surface area contributed by atoms with Gasteiger partial charge in [0.1, 0.15) is 5.69 Å². The SMILES string of the molecule is Cc1cc2nccc(C(=O)N3CCCCC3)n2n1. The van der Waals surface area contributed by atoms with Crippen molar-refractivity contribution in [3.63, 3.8) is 0 Å². The smallest absolute Gasteiger partial charge is 0.272 e. The fraction of sp³-hybridized carbons (Fsp3) is 0.462. The number of piperidine rings is 1. The van der Waals surface area contributed by atoms with Crippen molar-refractivity contribution in [3.8, 4) is 0 Å². The molecular weight excluding hydrogens is 228 g/mol. The van der Waals surface area contributed by atoms with Gasteiger partial charge in [-0.25, -0.2) is 9.50 Å². The molecule has 0 aromatic carbocycles. The van der Waals surface area contributed by atoms with E-state index in [9.17, 15) is 4.79 Å². The summed E-state index contributed by atoms with van der Waals surface area (Å²) < 4.78 is 1.65. The fourth-order valence-corrected chi connectivity index (χ4v) is 2.43. The molecule has 1 aliphatic rings. The summed E-state index contributed by atoms with van der Waals surface area (Å²) in [5.74, 6) is 0.0604. The first-order valence-corrected chi connectivity index (χ1v) is 6.36. The summed E-state index contributed by atoms with van der Waals surface area (Å²) in [6, 6.07) is 3.63. The predicted molar refractivity (Wildman–Crippen MR) is 67.5 cm³/mol. The highest BCUT2D eigenvalue weighted by molar-refractivity contribution is 5.93. The molecule has 0 saturated carbocycles. The van der Waals surface area contributed by atoms with E-state index in [1.807, 2.05) is 17.9 Å². The second-order valence-electron chi connectivity index (χ2n) is 4.74. The Morgan fingerprint density at radius 3 is 2.83 bits per heavy atom. The van der Waals surface area contributed by atoms with Crippen molar-refractivity contribution in [2.75, 3.05) is 13.1 Å². The van der Waals surface area contributed by atoms with Crippen LogP contribution in [0.5, 0.6) is 0 Å². The van der Waals surface area contributed by atoms with Crippen molar-refractivity contribution in [2.24, 2.45) is 0 Å². The van der Waals surface area contributed by atoms with Crippen molar-refractivity contribution in [2.45, 2.75) is 26.2 Å². The fourth-order valence-electron chi connectivity index (χ4n) is 2.43. The van der Waals surface area contributed by atoms with Gasteiger partial charge in [-0.15, -0.1) is 0 Å². The van der Waals surface area contributed by atoms with E-state index in [0.29, 0.717) is 5.69 Å². The quantitative estimate of drug-likeness (QED) is 0.766. The lowest BCUT2D eigenvalue weighted by Crippen LogP contribution is -2.36. The molecule has 0 atom stereocenters. The van der Waals surface area contributed by atoms with Crippen LogP contribution in [0, 0.1) is 6.92 Å². The maximum absolute atomic E-state index is 12.5. The first kappa shape index (κ1) is 11.2. The molecule has 94 valence electrons. The predicted octanol–water partition coefficient (Wildman–Crippen LogP) is 1.66. The molecule has 0 aliphatic carbocycles. The van der Waals surface area contributed by atoms with Gasteiger partial charge in [0.05, 0.1) is 5.69 Å². The molecule has 1 amide bonds. The lowest BCUT2D eigenvalue weighted by Gasteiger charge is -2.26. The summed E-state index contributed by atoms with van der Waals surface area (Å²) >= 11 is 0. The molecule has 0 spiro atoms. The van der Waals surface area contributed by atoms with Gasteiger partial charge in [0.2, 0.25) is 0 Å². The second kappa shape index (κ2) is 4.40. The van der Waals surface area contributed by atoms with Gasteiger partial charge in [-0.1, -0.05) is 0 Å². The second-order valence-corrected chi connectivity index (χ2v) is 4.74. The number of carbonyl (C=O) groups is 1. The number of aromatic nitrogens is 3. The van der Waals surface area contributed by atoms with E-state index in [2.05, 4.69) is 10.1 Å². The van der Waals surface area contributed by atoms with Gasteiger partial charge >= 0.3 is 0 Å². The van der Waals surface area contributed by atoms with Crippen molar-refractivity contribution in [1.29, 1.82) is 0 Å². The van der Waals surface area contributed by atoms with Crippen LogP contribution in [0.1, 0.15) is 35.4 Å². The van der Waals surface area contributed by atoms with Gasteiger partial charge in [-0.05, 0) is 32.3 Å². The highest BCUT2D eigenvalue weighted by Crippen LogP contribution is 2.14. The zero-order valence-electron chi connectivity index (χ0n) is 10.5. The lowest BCUT2D eigenvalue weighted by molar-refractivity contribution is 0.0715. The van der Waals surface area contributed by atoms with Gasteiger partial charge in [0, 0.05) is 25.4 Å². The highest BCUT2D eigenvalue weighted by atomic mass is 16.2. The average molecular weight is 244 g/mol. The number of likely N-dealkylation sites (tertiary alicyclic amines) is 1. The zero-order valence-corrected chi connectivity index (χ0v) is 10.5. The molecule has 5 nitrogen and oxygen atoms in total. The molecule has 1 aliphatic heterocycles. The van der Waals surface area contributed by atoms with E-state index >= 15 is 0 Å². The minimum Gasteiger partial charge on any atom is -0.337 e. The average Bonchev–Trinajstić information content (AvgIpc) is 2.79. The Labute approximate surface area is 105 Å². The first-order chi connectivity index (χ1) is 8.75. The lowest BCUT2D eigenvalue weighted by atomic mass is 10.1. The van der Waals surface area contributed by atoms with Crippen LogP contribution < -0.4 is 0 Å². The van der Waals surface area contributed by atoms with Gasteiger partial charge in [0.25, 0.3) is 5.91 Å². The number of aryl methyl sites for hydroxylation is 1. The third-order valence-electron chi connectivity index (χ3n) is 3.34. The van der Waals surface area contributed by atoms with Crippen LogP contribution in [0.4, 0.5) is 0 Å². The Kier molecular flexibility index (Phi) is 2.74. The summed E-state index contributed by atoms with van der Waals surface area (Å²) in [7, 11) is 0. The van der Waals surface area contributed by atoms with Crippen LogP contribution >= 0.6 is 0 Å². The molecule has 2 aromatic heterocycles. The van der Waals surface area contributed by atoms with E-state index in [1.54, 1.807) is 16.8 Å². The molecular formula is C13H16N4O. The van der Waals surface area contributed by atoms with Crippen molar-refractivity contribution < 1.29 is 4.79 Å². The highest BCUT2D eigenvalue weighted by Gasteiger charge is 2.21. The van der Waals surface area contributed by atoms with Crippen molar-refractivity contribution in [3.05, 3.63) is 29.7 Å². The Balaban J connectivity index is 2.00. The molecule has 18 heavy (non-hydrogen) atoms. The van der Waals surface area contributed by atoms with E-state index < -0.39 is 0 Å². The monoisotopic (exact) mass is 244 g/mol. The maximum atomic E-state index is 12.5. The van der Waals surface area contributed by atoms with Crippen LogP contribution in [0.25, 0.3) is 5.65 Å². The summed E-state index contributed by atoms with van der Waals surface area (Å²) in [6.07, 6.45) is 5.08. The standard InChI is InChI=1S/C13H16N4O/c1-10-9-12-14-6-5-11(17(12)15-10)13(18)16-7-3-2-4-8-16/h5-6,9H,2-4,7-8H2,1H3. The van der Waals surface area contributed by atoms with Gasteiger partial charge in [-0.3, -0.25) is 4.79 Å². The van der Waals surface area contributed by atoms with Crippen LogP contribution in [-0.4, -0.2) is 38.5 Å². The van der Waals surface area contributed by atoms with Crippen LogP contribution in [0.3, 0.4) is 0 Å². The van der Waals surface area contributed by atoms with Crippen LogP contribution in [-0.2, 0) is 0 Å². The number of amides is 1. The molecule has 0 N–H and O–H groups in total.